The molecule has 0 saturated heterocycles. The molecule has 0 spiro atoms. The second-order valence-electron chi connectivity index (χ2n) is 5.49. The number of oxazole rings is 1. The van der Waals surface area contributed by atoms with E-state index >= 15 is 0 Å². The first kappa shape index (κ1) is 14.3. The summed E-state index contributed by atoms with van der Waals surface area (Å²) in [6, 6.07) is 4.74. The molecule has 1 aromatic carbocycles. The maximum Gasteiger partial charge on any atom is 0.295 e. The zero-order chi connectivity index (χ0) is 14.9. The standard InChI is InChI=1S/C13H18N4O3/c1-13(2,16(3)4)8-14-12-15-10-7-9(17(18)19)5-6-11(10)20-12/h5-7H,8H2,1-4H3,(H,14,15). The molecule has 0 saturated carbocycles. The Morgan fingerprint density at radius 2 is 2.15 bits per heavy atom. The van der Waals surface area contributed by atoms with E-state index in [1.54, 1.807) is 6.07 Å². The van der Waals surface area contributed by atoms with E-state index in [-0.39, 0.29) is 11.2 Å². The Morgan fingerprint density at radius 3 is 2.75 bits per heavy atom. The molecule has 2 rings (SSSR count). The number of nitrogens with one attached hydrogen (secondary N) is 1. The van der Waals surface area contributed by atoms with Crippen molar-refractivity contribution in [2.24, 2.45) is 0 Å². The first-order chi connectivity index (χ1) is 9.29. The first-order valence-corrected chi connectivity index (χ1v) is 6.26. The van der Waals surface area contributed by atoms with Crippen LogP contribution in [-0.4, -0.2) is 41.0 Å². The lowest BCUT2D eigenvalue weighted by molar-refractivity contribution is -0.384. The number of likely N-dealkylation sites (N-methyl/N-ethyl adjacent to an activating group) is 1. The highest BCUT2D eigenvalue weighted by Crippen LogP contribution is 2.24. The quantitative estimate of drug-likeness (QED) is 0.668. The van der Waals surface area contributed by atoms with Crippen LogP contribution in [0.1, 0.15) is 13.8 Å². The van der Waals surface area contributed by atoms with E-state index in [9.17, 15) is 10.1 Å². The number of aromatic nitrogens is 1. The number of nitro groups is 1. The van der Waals surface area contributed by atoms with Crippen molar-refractivity contribution >= 4 is 22.8 Å². The second kappa shape index (κ2) is 5.09. The first-order valence-electron chi connectivity index (χ1n) is 6.26. The van der Waals surface area contributed by atoms with Crippen LogP contribution < -0.4 is 5.32 Å². The molecule has 108 valence electrons. The monoisotopic (exact) mass is 278 g/mol. The zero-order valence-corrected chi connectivity index (χ0v) is 12.0. The molecule has 0 amide bonds. The summed E-state index contributed by atoms with van der Waals surface area (Å²) in [5.74, 6) is 0. The van der Waals surface area contributed by atoms with Crippen molar-refractivity contribution in [2.75, 3.05) is 26.0 Å². The summed E-state index contributed by atoms with van der Waals surface area (Å²) in [7, 11) is 3.99. The maximum atomic E-state index is 10.7. The van der Waals surface area contributed by atoms with Crippen molar-refractivity contribution in [3.63, 3.8) is 0 Å². The summed E-state index contributed by atoms with van der Waals surface area (Å²) >= 11 is 0. The highest BCUT2D eigenvalue weighted by atomic mass is 16.6. The molecule has 20 heavy (non-hydrogen) atoms. The Bertz CT molecular complexity index is 634. The van der Waals surface area contributed by atoms with Crippen LogP contribution in [0.3, 0.4) is 0 Å². The number of rotatable bonds is 5. The van der Waals surface area contributed by atoms with Crippen LogP contribution in [0.2, 0.25) is 0 Å². The fourth-order valence-corrected chi connectivity index (χ4v) is 1.56. The second-order valence-corrected chi connectivity index (χ2v) is 5.49. The van der Waals surface area contributed by atoms with Gasteiger partial charge in [-0.15, -0.1) is 0 Å². The van der Waals surface area contributed by atoms with E-state index in [0.29, 0.717) is 23.7 Å². The minimum absolute atomic E-state index is 0.00553. The average molecular weight is 278 g/mol. The van der Waals surface area contributed by atoms with Crippen molar-refractivity contribution in [2.45, 2.75) is 19.4 Å². The van der Waals surface area contributed by atoms with Gasteiger partial charge in [0.25, 0.3) is 11.7 Å². The normalized spacial score (nSPS) is 12.1. The predicted octanol–water partition coefficient (Wildman–Crippen LogP) is 2.49. The van der Waals surface area contributed by atoms with Crippen LogP contribution in [0.25, 0.3) is 11.1 Å². The zero-order valence-electron chi connectivity index (χ0n) is 12.0. The van der Waals surface area contributed by atoms with Crippen LogP contribution >= 0.6 is 0 Å². The van der Waals surface area contributed by atoms with Crippen molar-refractivity contribution in [1.29, 1.82) is 0 Å². The molecule has 0 bridgehead atoms. The largest absolute Gasteiger partial charge is 0.424 e. The van der Waals surface area contributed by atoms with Gasteiger partial charge < -0.3 is 14.6 Å². The lowest BCUT2D eigenvalue weighted by atomic mass is 10.1. The molecule has 0 aliphatic heterocycles. The molecule has 0 radical (unpaired) electrons. The topological polar surface area (TPSA) is 84.4 Å². The number of nitro benzene ring substituents is 1. The number of hydrogen-bond acceptors (Lipinski definition) is 6. The van der Waals surface area contributed by atoms with Gasteiger partial charge in [0, 0.05) is 24.2 Å². The number of hydrogen-bond donors (Lipinski definition) is 1. The predicted molar refractivity (Wildman–Crippen MR) is 76.9 cm³/mol. The van der Waals surface area contributed by atoms with Crippen LogP contribution in [0.4, 0.5) is 11.7 Å². The summed E-state index contributed by atoms with van der Waals surface area (Å²) in [4.78, 5) is 16.6. The number of fused-ring (bicyclic) bond motifs is 1. The lowest BCUT2D eigenvalue weighted by Crippen LogP contribution is -2.44. The van der Waals surface area contributed by atoms with Crippen LogP contribution in [0.5, 0.6) is 0 Å². The van der Waals surface area contributed by atoms with Crippen molar-refractivity contribution < 1.29 is 9.34 Å². The minimum Gasteiger partial charge on any atom is -0.424 e. The molecule has 7 nitrogen and oxygen atoms in total. The van der Waals surface area contributed by atoms with Crippen molar-refractivity contribution in [3.05, 3.63) is 28.3 Å². The summed E-state index contributed by atoms with van der Waals surface area (Å²) < 4.78 is 5.51. The molecule has 7 heteroatoms. The van der Waals surface area contributed by atoms with Gasteiger partial charge in [0.15, 0.2) is 5.58 Å². The van der Waals surface area contributed by atoms with E-state index in [4.69, 9.17) is 4.42 Å². The molecule has 1 heterocycles. The minimum atomic E-state index is -0.448. The van der Waals surface area contributed by atoms with Gasteiger partial charge in [0.2, 0.25) is 0 Å². The van der Waals surface area contributed by atoms with Gasteiger partial charge in [0.05, 0.1) is 4.92 Å². The Hall–Kier alpha value is -2.15. The number of anilines is 1. The van der Waals surface area contributed by atoms with Crippen molar-refractivity contribution in [1.82, 2.24) is 9.88 Å². The van der Waals surface area contributed by atoms with E-state index in [1.807, 2.05) is 14.1 Å². The van der Waals surface area contributed by atoms with Gasteiger partial charge in [-0.3, -0.25) is 10.1 Å². The van der Waals surface area contributed by atoms with E-state index in [2.05, 4.69) is 29.0 Å². The van der Waals surface area contributed by atoms with Crippen LogP contribution in [-0.2, 0) is 0 Å². The molecular weight excluding hydrogens is 260 g/mol. The summed E-state index contributed by atoms with van der Waals surface area (Å²) in [5.41, 5.74) is 0.947. The Morgan fingerprint density at radius 1 is 1.45 bits per heavy atom. The molecule has 0 aliphatic carbocycles. The van der Waals surface area contributed by atoms with Gasteiger partial charge in [0.1, 0.15) is 5.52 Å². The third-order valence-corrected chi connectivity index (χ3v) is 3.46. The molecular formula is C13H18N4O3. The fourth-order valence-electron chi connectivity index (χ4n) is 1.56. The maximum absolute atomic E-state index is 10.7. The van der Waals surface area contributed by atoms with Crippen LogP contribution in [0, 0.1) is 10.1 Å². The summed E-state index contributed by atoms with van der Waals surface area (Å²) in [6.45, 7) is 4.83. The van der Waals surface area contributed by atoms with E-state index in [0.717, 1.165) is 0 Å². The SMILES string of the molecule is CN(C)C(C)(C)CNc1nc2cc([N+](=O)[O-])ccc2o1. The molecule has 1 N–H and O–H groups in total. The van der Waals surface area contributed by atoms with Gasteiger partial charge in [-0.1, -0.05) is 0 Å². The molecule has 0 atom stereocenters. The van der Waals surface area contributed by atoms with Crippen LogP contribution in [0.15, 0.2) is 22.6 Å². The molecule has 1 aromatic heterocycles. The third kappa shape index (κ3) is 2.88. The fraction of sp³-hybridized carbons (Fsp3) is 0.462. The summed E-state index contributed by atoms with van der Waals surface area (Å²) in [6.07, 6.45) is 0. The third-order valence-electron chi connectivity index (χ3n) is 3.46. The van der Waals surface area contributed by atoms with Crippen molar-refractivity contribution in [3.8, 4) is 0 Å². The lowest BCUT2D eigenvalue weighted by Gasteiger charge is -2.32. The van der Waals surface area contributed by atoms with Gasteiger partial charge in [-0.2, -0.15) is 4.98 Å². The number of non-ortho nitro benzene ring substituents is 1. The van der Waals surface area contributed by atoms with E-state index in [1.165, 1.54) is 12.1 Å². The van der Waals surface area contributed by atoms with Gasteiger partial charge >= 0.3 is 0 Å². The molecule has 0 fully saturated rings. The Labute approximate surface area is 116 Å². The number of benzene rings is 1. The molecule has 0 aliphatic rings. The average Bonchev–Trinajstić information content (AvgIpc) is 2.77. The number of nitrogens with zero attached hydrogens (tertiary/aromatic N) is 3. The van der Waals surface area contributed by atoms with Gasteiger partial charge in [-0.25, -0.2) is 0 Å². The smallest absolute Gasteiger partial charge is 0.295 e. The Kier molecular flexibility index (Phi) is 3.63. The molecule has 2 aromatic rings. The Balaban J connectivity index is 2.18. The molecule has 0 unspecified atom stereocenters. The van der Waals surface area contributed by atoms with Gasteiger partial charge in [-0.05, 0) is 34.0 Å². The van der Waals surface area contributed by atoms with E-state index < -0.39 is 4.92 Å². The highest BCUT2D eigenvalue weighted by molar-refractivity contribution is 5.77. The highest BCUT2D eigenvalue weighted by Gasteiger charge is 2.21. The summed E-state index contributed by atoms with van der Waals surface area (Å²) in [5, 5.41) is 13.8.